The Balaban J connectivity index is 2.04. The molecule has 3 aromatic carbocycles. The van der Waals surface area contributed by atoms with Crippen LogP contribution in [0.25, 0.3) is 10.8 Å². The molecule has 0 heterocycles. The third kappa shape index (κ3) is 7.18. The van der Waals surface area contributed by atoms with Gasteiger partial charge in [0.15, 0.2) is 0 Å². The molecule has 0 unspecified atom stereocenters. The predicted octanol–water partition coefficient (Wildman–Crippen LogP) is 5.63. The van der Waals surface area contributed by atoms with Gasteiger partial charge in [-0.1, -0.05) is 79.5 Å². The van der Waals surface area contributed by atoms with Gasteiger partial charge in [-0.3, -0.25) is 13.9 Å². The summed E-state index contributed by atoms with van der Waals surface area (Å²) in [5.74, 6) is -0.813. The molecule has 0 aliphatic carbocycles. The largest absolute Gasteiger partial charge is 0.352 e. The van der Waals surface area contributed by atoms with Crippen LogP contribution < -0.4 is 9.62 Å². The van der Waals surface area contributed by atoms with Crippen molar-refractivity contribution in [3.05, 3.63) is 76.3 Å². The highest BCUT2D eigenvalue weighted by molar-refractivity contribution is 7.92. The minimum absolute atomic E-state index is 0.0509. The number of anilines is 1. The molecule has 3 aromatic rings. The van der Waals surface area contributed by atoms with Gasteiger partial charge < -0.3 is 10.2 Å². The van der Waals surface area contributed by atoms with Crippen LogP contribution in [-0.2, 0) is 26.2 Å². The summed E-state index contributed by atoms with van der Waals surface area (Å²) in [4.78, 5) is 28.6. The molecule has 2 atom stereocenters. The van der Waals surface area contributed by atoms with Crippen molar-refractivity contribution in [2.45, 2.75) is 52.2 Å². The van der Waals surface area contributed by atoms with Gasteiger partial charge in [0.25, 0.3) is 0 Å². The first-order valence-electron chi connectivity index (χ1n) is 12.5. The first-order chi connectivity index (χ1) is 18.0. The van der Waals surface area contributed by atoms with Crippen molar-refractivity contribution in [1.29, 1.82) is 0 Å². The highest BCUT2D eigenvalue weighted by Gasteiger charge is 2.32. The monoisotopic (exact) mass is 577 g/mol. The molecule has 38 heavy (non-hydrogen) atoms. The number of fused-ring (bicyclic) bond motifs is 1. The van der Waals surface area contributed by atoms with E-state index < -0.39 is 28.5 Å². The highest BCUT2D eigenvalue weighted by Crippen LogP contribution is 2.29. The summed E-state index contributed by atoms with van der Waals surface area (Å²) in [6.07, 6.45) is 2.13. The van der Waals surface area contributed by atoms with Crippen molar-refractivity contribution >= 4 is 61.5 Å². The molecule has 0 aromatic heterocycles. The lowest BCUT2D eigenvalue weighted by Crippen LogP contribution is -2.53. The molecule has 0 saturated heterocycles. The molecule has 2 amide bonds. The zero-order valence-corrected chi connectivity index (χ0v) is 24.3. The van der Waals surface area contributed by atoms with Crippen LogP contribution in [-0.4, -0.2) is 50.0 Å². The molecule has 0 radical (unpaired) electrons. The number of carbonyl (C=O) groups excluding carboxylic acids is 2. The number of benzene rings is 3. The van der Waals surface area contributed by atoms with Gasteiger partial charge in [0.1, 0.15) is 12.6 Å². The molecule has 204 valence electrons. The molecule has 0 saturated carbocycles. The third-order valence-electron chi connectivity index (χ3n) is 6.44. The predicted molar refractivity (Wildman–Crippen MR) is 155 cm³/mol. The van der Waals surface area contributed by atoms with Crippen molar-refractivity contribution in [3.63, 3.8) is 0 Å². The van der Waals surface area contributed by atoms with Gasteiger partial charge in [0.2, 0.25) is 21.8 Å². The van der Waals surface area contributed by atoms with E-state index in [2.05, 4.69) is 5.32 Å². The number of nitrogens with one attached hydrogen (secondary N) is 1. The van der Waals surface area contributed by atoms with E-state index in [1.165, 1.54) is 4.90 Å². The maximum atomic E-state index is 13.9. The second-order valence-corrected chi connectivity index (χ2v) is 12.0. The van der Waals surface area contributed by atoms with E-state index in [0.717, 1.165) is 22.4 Å². The molecule has 0 bridgehead atoms. The van der Waals surface area contributed by atoms with E-state index in [9.17, 15) is 18.0 Å². The zero-order chi connectivity index (χ0) is 28.0. The lowest BCUT2D eigenvalue weighted by molar-refractivity contribution is -0.140. The van der Waals surface area contributed by atoms with E-state index in [1.807, 2.05) is 51.1 Å². The number of amides is 2. The van der Waals surface area contributed by atoms with Gasteiger partial charge in [0, 0.05) is 18.0 Å². The first-order valence-corrected chi connectivity index (χ1v) is 15.1. The van der Waals surface area contributed by atoms with Gasteiger partial charge in [-0.05, 0) is 48.9 Å². The maximum Gasteiger partial charge on any atom is 0.244 e. The summed E-state index contributed by atoms with van der Waals surface area (Å²) in [6.45, 7) is 5.24. The average Bonchev–Trinajstić information content (AvgIpc) is 2.88. The number of rotatable bonds is 11. The van der Waals surface area contributed by atoms with Crippen molar-refractivity contribution in [2.24, 2.45) is 0 Å². The molecule has 0 aliphatic heterocycles. The highest BCUT2D eigenvalue weighted by atomic mass is 35.5. The van der Waals surface area contributed by atoms with Crippen molar-refractivity contribution < 1.29 is 18.0 Å². The van der Waals surface area contributed by atoms with Gasteiger partial charge in [-0.25, -0.2) is 8.42 Å². The number of halogens is 2. The molecular formula is C28H33Cl2N3O4S. The van der Waals surface area contributed by atoms with Crippen LogP contribution in [0.15, 0.2) is 60.7 Å². The van der Waals surface area contributed by atoms with Gasteiger partial charge in [0.05, 0.1) is 22.0 Å². The molecule has 1 N–H and O–H groups in total. The molecule has 0 aliphatic rings. The maximum absolute atomic E-state index is 13.9. The summed E-state index contributed by atoms with van der Waals surface area (Å²) in [5, 5.41) is 5.19. The number of sulfonamides is 1. The minimum atomic E-state index is -3.85. The molecule has 7 nitrogen and oxygen atoms in total. The van der Waals surface area contributed by atoms with E-state index in [1.54, 1.807) is 30.3 Å². The Morgan fingerprint density at radius 2 is 1.63 bits per heavy atom. The van der Waals surface area contributed by atoms with Crippen LogP contribution in [0.4, 0.5) is 5.69 Å². The Morgan fingerprint density at radius 1 is 0.947 bits per heavy atom. The topological polar surface area (TPSA) is 86.8 Å². The standard InChI is InChI=1S/C28H33Cl2N3O4S/c1-5-19(3)31-28(35)25(6-2)32(17-20-14-15-23(29)24(30)16-20)27(34)18-33(38(4,36)37)26-13-9-11-21-10-7-8-12-22(21)26/h7-16,19,25H,5-6,17-18H2,1-4H3,(H,31,35)/t19-,25-/m0/s1. The van der Waals surface area contributed by atoms with E-state index in [-0.39, 0.29) is 18.5 Å². The number of nitrogens with zero attached hydrogens (tertiary/aromatic N) is 2. The van der Waals surface area contributed by atoms with Gasteiger partial charge in [-0.15, -0.1) is 0 Å². The van der Waals surface area contributed by atoms with Crippen LogP contribution in [0.3, 0.4) is 0 Å². The summed E-state index contributed by atoms with van der Waals surface area (Å²) < 4.78 is 27.0. The molecular weight excluding hydrogens is 545 g/mol. The Labute approximate surface area is 234 Å². The fourth-order valence-electron chi connectivity index (χ4n) is 4.22. The van der Waals surface area contributed by atoms with Crippen molar-refractivity contribution in [1.82, 2.24) is 10.2 Å². The Morgan fingerprint density at radius 3 is 2.26 bits per heavy atom. The van der Waals surface area contributed by atoms with E-state index >= 15 is 0 Å². The third-order valence-corrected chi connectivity index (χ3v) is 8.30. The average molecular weight is 579 g/mol. The second-order valence-electron chi connectivity index (χ2n) is 9.28. The number of hydrogen-bond acceptors (Lipinski definition) is 4. The van der Waals surface area contributed by atoms with Crippen molar-refractivity contribution in [3.8, 4) is 0 Å². The van der Waals surface area contributed by atoms with E-state index in [0.29, 0.717) is 33.1 Å². The van der Waals surface area contributed by atoms with Crippen LogP contribution >= 0.6 is 23.2 Å². The smallest absolute Gasteiger partial charge is 0.244 e. The lowest BCUT2D eigenvalue weighted by atomic mass is 10.1. The molecule has 0 spiro atoms. The molecule has 3 rings (SSSR count). The van der Waals surface area contributed by atoms with Gasteiger partial charge >= 0.3 is 0 Å². The fraction of sp³-hybridized carbons (Fsp3) is 0.357. The van der Waals surface area contributed by atoms with Gasteiger partial charge in [-0.2, -0.15) is 0 Å². The van der Waals surface area contributed by atoms with E-state index in [4.69, 9.17) is 23.2 Å². The van der Waals surface area contributed by atoms with Crippen molar-refractivity contribution in [2.75, 3.05) is 17.1 Å². The van der Waals surface area contributed by atoms with Crippen LogP contribution in [0.1, 0.15) is 39.2 Å². The first kappa shape index (κ1) is 29.7. The number of carbonyl (C=O) groups is 2. The quantitative estimate of drug-likeness (QED) is 0.319. The summed E-state index contributed by atoms with van der Waals surface area (Å²) in [7, 11) is -3.85. The zero-order valence-electron chi connectivity index (χ0n) is 21.9. The van der Waals surface area contributed by atoms with Crippen LogP contribution in [0, 0.1) is 0 Å². The Hall–Kier alpha value is -2.81. The van der Waals surface area contributed by atoms with Crippen LogP contribution in [0.5, 0.6) is 0 Å². The summed E-state index contributed by atoms with van der Waals surface area (Å²) in [6, 6.07) is 16.8. The minimum Gasteiger partial charge on any atom is -0.352 e. The number of hydrogen-bond donors (Lipinski definition) is 1. The fourth-order valence-corrected chi connectivity index (χ4v) is 5.40. The second kappa shape index (κ2) is 12.8. The Kier molecular flexibility index (Phi) is 10.0. The summed E-state index contributed by atoms with van der Waals surface area (Å²) in [5.41, 5.74) is 1.06. The molecule has 10 heteroatoms. The SMILES string of the molecule is CC[C@H](C)NC(=O)[C@H](CC)N(Cc1ccc(Cl)c(Cl)c1)C(=O)CN(c1cccc2ccccc12)S(C)(=O)=O. The lowest BCUT2D eigenvalue weighted by Gasteiger charge is -2.33. The summed E-state index contributed by atoms with van der Waals surface area (Å²) >= 11 is 12.3. The Bertz CT molecular complexity index is 1410. The molecule has 0 fully saturated rings. The van der Waals surface area contributed by atoms with Crippen LogP contribution in [0.2, 0.25) is 10.0 Å². The normalized spacial score (nSPS) is 13.1.